The zero-order valence-corrected chi connectivity index (χ0v) is 10.2. The molecule has 0 spiro atoms. The largest absolute Gasteiger partial charge is 0.489 e. The Labute approximate surface area is 101 Å². The van der Waals surface area contributed by atoms with Crippen molar-refractivity contribution < 1.29 is 4.74 Å². The van der Waals surface area contributed by atoms with Crippen molar-refractivity contribution in [1.29, 1.82) is 0 Å². The monoisotopic (exact) mass is 231 g/mol. The molecule has 2 N–H and O–H groups in total. The molecular formula is C13H17N3O. The lowest BCUT2D eigenvalue weighted by molar-refractivity contribution is 0.306. The van der Waals surface area contributed by atoms with Gasteiger partial charge in [-0.05, 0) is 31.5 Å². The minimum Gasteiger partial charge on any atom is -0.489 e. The molecular weight excluding hydrogens is 214 g/mol. The lowest BCUT2D eigenvalue weighted by Gasteiger charge is -2.06. The molecule has 0 bridgehead atoms. The highest BCUT2D eigenvalue weighted by Crippen LogP contribution is 2.17. The number of rotatable bonds is 4. The number of aryl methyl sites for hydroxylation is 2. The minimum atomic E-state index is 0.454. The van der Waals surface area contributed by atoms with E-state index in [9.17, 15) is 0 Å². The van der Waals surface area contributed by atoms with Crippen molar-refractivity contribution in [2.75, 3.05) is 5.73 Å². The van der Waals surface area contributed by atoms with Crippen LogP contribution in [0, 0.1) is 6.92 Å². The van der Waals surface area contributed by atoms with Crippen molar-refractivity contribution in [2.24, 2.45) is 0 Å². The zero-order valence-electron chi connectivity index (χ0n) is 10.2. The summed E-state index contributed by atoms with van der Waals surface area (Å²) >= 11 is 0. The molecule has 0 saturated carbocycles. The van der Waals surface area contributed by atoms with E-state index in [0.29, 0.717) is 12.4 Å². The molecule has 0 saturated heterocycles. The van der Waals surface area contributed by atoms with Gasteiger partial charge in [0.15, 0.2) is 0 Å². The van der Waals surface area contributed by atoms with Crippen molar-refractivity contribution in [2.45, 2.75) is 27.0 Å². The van der Waals surface area contributed by atoms with Crippen molar-refractivity contribution >= 4 is 5.82 Å². The third-order valence-corrected chi connectivity index (χ3v) is 2.64. The number of nitrogen functional groups attached to an aromatic ring is 1. The van der Waals surface area contributed by atoms with Gasteiger partial charge >= 0.3 is 0 Å². The maximum atomic E-state index is 5.93. The molecule has 17 heavy (non-hydrogen) atoms. The van der Waals surface area contributed by atoms with Crippen molar-refractivity contribution in [1.82, 2.24) is 9.78 Å². The molecule has 0 aliphatic rings. The Bertz CT molecular complexity index is 505. The topological polar surface area (TPSA) is 53.1 Å². The summed E-state index contributed by atoms with van der Waals surface area (Å²) in [4.78, 5) is 0. The first-order valence-corrected chi connectivity index (χ1v) is 5.70. The molecule has 1 heterocycles. The zero-order chi connectivity index (χ0) is 12.3. The molecule has 4 nitrogen and oxygen atoms in total. The fraction of sp³-hybridized carbons (Fsp3) is 0.308. The van der Waals surface area contributed by atoms with Crippen LogP contribution < -0.4 is 10.5 Å². The van der Waals surface area contributed by atoms with Crippen LogP contribution in [0.5, 0.6) is 5.75 Å². The van der Waals surface area contributed by atoms with Gasteiger partial charge in [-0.15, -0.1) is 0 Å². The lowest BCUT2D eigenvalue weighted by Crippen LogP contribution is -2.04. The van der Waals surface area contributed by atoms with Crippen LogP contribution in [0.25, 0.3) is 0 Å². The van der Waals surface area contributed by atoms with E-state index in [1.54, 1.807) is 10.9 Å². The summed E-state index contributed by atoms with van der Waals surface area (Å²) < 4.78 is 7.44. The van der Waals surface area contributed by atoms with Gasteiger partial charge in [0, 0.05) is 6.54 Å². The van der Waals surface area contributed by atoms with Crippen LogP contribution in [0.2, 0.25) is 0 Å². The third kappa shape index (κ3) is 2.58. The predicted molar refractivity (Wildman–Crippen MR) is 67.8 cm³/mol. The van der Waals surface area contributed by atoms with Gasteiger partial charge in [0.1, 0.15) is 18.2 Å². The smallest absolute Gasteiger partial charge is 0.128 e. The summed E-state index contributed by atoms with van der Waals surface area (Å²) in [6, 6.07) is 7.95. The maximum absolute atomic E-state index is 5.93. The number of hydrogen-bond acceptors (Lipinski definition) is 3. The molecule has 0 aliphatic heterocycles. The normalized spacial score (nSPS) is 10.5. The second kappa shape index (κ2) is 4.91. The van der Waals surface area contributed by atoms with Crippen molar-refractivity contribution in [3.63, 3.8) is 0 Å². The number of aromatic nitrogens is 2. The summed E-state index contributed by atoms with van der Waals surface area (Å²) in [7, 11) is 0. The summed E-state index contributed by atoms with van der Waals surface area (Å²) in [5.41, 5.74) is 8.03. The maximum Gasteiger partial charge on any atom is 0.128 e. The summed E-state index contributed by atoms with van der Waals surface area (Å²) in [6.45, 7) is 5.27. The fourth-order valence-electron chi connectivity index (χ4n) is 1.66. The van der Waals surface area contributed by atoms with Gasteiger partial charge in [0.25, 0.3) is 0 Å². The van der Waals surface area contributed by atoms with Gasteiger partial charge in [-0.2, -0.15) is 5.10 Å². The summed E-state index contributed by atoms with van der Waals surface area (Å²) in [5.74, 6) is 1.54. The van der Waals surface area contributed by atoms with Crippen LogP contribution in [0.1, 0.15) is 18.1 Å². The standard InChI is InChI=1S/C13H17N3O/c1-3-16-13(14)11(8-15-16)9-17-12-6-4-5-10(2)7-12/h4-8H,3,9,14H2,1-2H3. The van der Waals surface area contributed by atoms with Crippen LogP contribution in [-0.2, 0) is 13.2 Å². The number of nitrogens with zero attached hydrogens (tertiary/aromatic N) is 2. The quantitative estimate of drug-likeness (QED) is 0.878. The summed E-state index contributed by atoms with van der Waals surface area (Å²) in [6.07, 6.45) is 1.76. The highest BCUT2D eigenvalue weighted by molar-refractivity contribution is 5.38. The Hall–Kier alpha value is -1.97. The summed E-state index contributed by atoms with van der Waals surface area (Å²) in [5, 5.41) is 4.18. The molecule has 1 aromatic carbocycles. The minimum absolute atomic E-state index is 0.454. The van der Waals surface area contributed by atoms with E-state index in [-0.39, 0.29) is 0 Å². The first-order chi connectivity index (χ1) is 8.20. The van der Waals surface area contributed by atoms with Crippen LogP contribution in [0.3, 0.4) is 0 Å². The van der Waals surface area contributed by atoms with Crippen molar-refractivity contribution in [3.8, 4) is 5.75 Å². The predicted octanol–water partition coefficient (Wildman–Crippen LogP) is 2.37. The SMILES string of the molecule is CCn1ncc(COc2cccc(C)c2)c1N. The number of anilines is 1. The average molecular weight is 231 g/mol. The molecule has 2 aromatic rings. The Morgan fingerprint density at radius 2 is 2.24 bits per heavy atom. The van der Waals surface area contributed by atoms with Gasteiger partial charge < -0.3 is 10.5 Å². The highest BCUT2D eigenvalue weighted by atomic mass is 16.5. The van der Waals surface area contributed by atoms with Gasteiger partial charge in [-0.3, -0.25) is 4.68 Å². The molecule has 1 aromatic heterocycles. The van der Waals surface area contributed by atoms with Crippen LogP contribution in [0.15, 0.2) is 30.5 Å². The Morgan fingerprint density at radius 1 is 1.41 bits per heavy atom. The second-order valence-corrected chi connectivity index (χ2v) is 3.98. The molecule has 90 valence electrons. The lowest BCUT2D eigenvalue weighted by atomic mass is 10.2. The number of ether oxygens (including phenoxy) is 1. The van der Waals surface area contributed by atoms with E-state index in [1.165, 1.54) is 5.56 Å². The fourth-order valence-corrected chi connectivity index (χ4v) is 1.66. The average Bonchev–Trinajstić information content (AvgIpc) is 2.67. The number of benzene rings is 1. The van der Waals surface area contributed by atoms with E-state index in [0.717, 1.165) is 17.9 Å². The van der Waals surface area contributed by atoms with E-state index < -0.39 is 0 Å². The van der Waals surface area contributed by atoms with Gasteiger partial charge in [-0.25, -0.2) is 0 Å². The van der Waals surface area contributed by atoms with E-state index in [1.807, 2.05) is 38.1 Å². The van der Waals surface area contributed by atoms with Gasteiger partial charge in [0.2, 0.25) is 0 Å². The molecule has 0 aliphatic carbocycles. The molecule has 2 rings (SSSR count). The molecule has 0 amide bonds. The highest BCUT2D eigenvalue weighted by Gasteiger charge is 2.06. The molecule has 0 fully saturated rings. The Balaban J connectivity index is 2.05. The van der Waals surface area contributed by atoms with Crippen molar-refractivity contribution in [3.05, 3.63) is 41.6 Å². The van der Waals surface area contributed by atoms with Crippen LogP contribution >= 0.6 is 0 Å². The van der Waals surface area contributed by atoms with Crippen LogP contribution in [0.4, 0.5) is 5.82 Å². The van der Waals surface area contributed by atoms with E-state index in [4.69, 9.17) is 10.5 Å². The molecule has 0 radical (unpaired) electrons. The molecule has 4 heteroatoms. The second-order valence-electron chi connectivity index (χ2n) is 3.98. The first kappa shape index (κ1) is 11.5. The van der Waals surface area contributed by atoms with Gasteiger partial charge in [-0.1, -0.05) is 12.1 Å². The number of nitrogens with two attached hydrogens (primary N) is 1. The first-order valence-electron chi connectivity index (χ1n) is 5.70. The molecule has 0 unspecified atom stereocenters. The third-order valence-electron chi connectivity index (χ3n) is 2.64. The van der Waals surface area contributed by atoms with Crippen LogP contribution in [-0.4, -0.2) is 9.78 Å². The Morgan fingerprint density at radius 3 is 2.88 bits per heavy atom. The Kier molecular flexibility index (Phi) is 3.32. The van der Waals surface area contributed by atoms with E-state index >= 15 is 0 Å². The number of hydrogen-bond donors (Lipinski definition) is 1. The van der Waals surface area contributed by atoms with E-state index in [2.05, 4.69) is 5.10 Å². The molecule has 0 atom stereocenters. The van der Waals surface area contributed by atoms with Gasteiger partial charge in [0.05, 0.1) is 11.8 Å².